The fourth-order valence-electron chi connectivity index (χ4n) is 2.82. The van der Waals surface area contributed by atoms with Crippen molar-refractivity contribution in [1.29, 1.82) is 0 Å². The minimum Gasteiger partial charge on any atom is -0.481 e. The molecule has 0 atom stereocenters. The standard InChI is InChI=1S/C16H18N4O5S.2C3H6N2S/c1-10-9-11(2)18-16(17-10)20-26(24,25)13-5-3-12(4-6-13)19-14(21)7-8-15(22)23;2*4-3-5-1-2-6-3/h3-6,9H,7-8H2,1-2H3,(H,19,21)(H,22,23)(H,17,18,20);2*1-2H2,(H2,4,5). The van der Waals surface area contributed by atoms with E-state index in [2.05, 4.69) is 30.0 Å². The number of amides is 1. The minimum absolute atomic E-state index is 0.0199. The molecular weight excluding hydrogens is 552 g/mol. The molecule has 2 aliphatic heterocycles. The van der Waals surface area contributed by atoms with E-state index in [0.29, 0.717) is 17.1 Å². The number of anilines is 2. The molecule has 13 nitrogen and oxygen atoms in total. The Kier molecular flexibility index (Phi) is 12.3. The molecule has 38 heavy (non-hydrogen) atoms. The number of aryl methyl sites for hydroxylation is 2. The quantitative estimate of drug-likeness (QED) is 0.317. The van der Waals surface area contributed by atoms with Crippen LogP contribution in [0, 0.1) is 13.8 Å². The normalized spacial score (nSPS) is 14.2. The largest absolute Gasteiger partial charge is 0.481 e. The summed E-state index contributed by atoms with van der Waals surface area (Å²) in [7, 11) is -3.88. The monoisotopic (exact) mass is 582 g/mol. The summed E-state index contributed by atoms with van der Waals surface area (Å²) in [5, 5.41) is 12.5. The van der Waals surface area contributed by atoms with E-state index in [-0.39, 0.29) is 23.7 Å². The molecule has 1 amide bonds. The van der Waals surface area contributed by atoms with Crippen LogP contribution in [-0.2, 0) is 19.6 Å². The summed E-state index contributed by atoms with van der Waals surface area (Å²) in [6.45, 7) is 5.29. The van der Waals surface area contributed by atoms with E-state index in [0.717, 1.165) is 34.9 Å². The molecule has 0 radical (unpaired) electrons. The summed E-state index contributed by atoms with van der Waals surface area (Å²) >= 11 is 3.25. The Morgan fingerprint density at radius 1 is 0.947 bits per heavy atom. The predicted octanol–water partition coefficient (Wildman–Crippen LogP) is 1.79. The van der Waals surface area contributed by atoms with Crippen molar-refractivity contribution in [1.82, 2.24) is 9.97 Å². The van der Waals surface area contributed by atoms with Crippen LogP contribution in [-0.4, -0.2) is 70.3 Å². The average Bonchev–Trinajstić information content (AvgIpc) is 3.51. The highest BCUT2D eigenvalue weighted by Gasteiger charge is 2.16. The van der Waals surface area contributed by atoms with Gasteiger partial charge >= 0.3 is 5.97 Å². The number of carbonyl (C=O) groups is 2. The van der Waals surface area contributed by atoms with Gasteiger partial charge in [-0.3, -0.25) is 19.6 Å². The van der Waals surface area contributed by atoms with Crippen LogP contribution in [0.15, 0.2) is 45.2 Å². The first kappa shape index (κ1) is 30.9. The number of rotatable bonds is 7. The number of sulfonamides is 1. The number of thioether (sulfide) groups is 2. The van der Waals surface area contributed by atoms with E-state index in [1.165, 1.54) is 24.3 Å². The van der Waals surface area contributed by atoms with E-state index in [1.54, 1.807) is 43.4 Å². The number of hydrogen-bond donors (Lipinski definition) is 5. The second-order valence-electron chi connectivity index (χ2n) is 7.68. The Bertz CT molecular complexity index is 1240. The molecule has 2 aromatic rings. The molecule has 7 N–H and O–H groups in total. The SMILES string of the molecule is Cc1cc(C)nc(NS(=O)(=O)c2ccc(NC(=O)CCC(=O)O)cc2)n1.NC1=NCCS1.NC1=NCCS1. The van der Waals surface area contributed by atoms with Crippen molar-refractivity contribution in [2.24, 2.45) is 21.5 Å². The third-order valence-corrected chi connectivity index (χ3v) is 7.41. The molecule has 0 saturated heterocycles. The number of nitrogens with two attached hydrogens (primary N) is 2. The molecule has 0 unspecified atom stereocenters. The zero-order valence-electron chi connectivity index (χ0n) is 20.9. The van der Waals surface area contributed by atoms with Crippen LogP contribution in [0.1, 0.15) is 24.2 Å². The van der Waals surface area contributed by atoms with Crippen molar-refractivity contribution in [3.63, 3.8) is 0 Å². The first-order valence-electron chi connectivity index (χ1n) is 11.3. The van der Waals surface area contributed by atoms with Gasteiger partial charge in [-0.1, -0.05) is 23.5 Å². The Balaban J connectivity index is 0.000000341. The topological polar surface area (TPSA) is 215 Å². The number of hydrogen-bond acceptors (Lipinski definition) is 12. The molecule has 206 valence electrons. The second kappa shape index (κ2) is 15.1. The Labute approximate surface area is 229 Å². The maximum Gasteiger partial charge on any atom is 0.303 e. The van der Waals surface area contributed by atoms with Crippen molar-refractivity contribution >= 4 is 67.4 Å². The number of carboxylic acid groups (broad SMARTS) is 1. The van der Waals surface area contributed by atoms with Crippen LogP contribution in [0.5, 0.6) is 0 Å². The van der Waals surface area contributed by atoms with Gasteiger partial charge in [-0.05, 0) is 44.2 Å². The fraction of sp³-hybridized carbons (Fsp3) is 0.364. The van der Waals surface area contributed by atoms with Gasteiger partial charge in [0.05, 0.1) is 24.4 Å². The highest BCUT2D eigenvalue weighted by atomic mass is 32.2. The highest BCUT2D eigenvalue weighted by molar-refractivity contribution is 8.14. The molecule has 0 saturated carbocycles. The van der Waals surface area contributed by atoms with E-state index in [4.69, 9.17) is 16.6 Å². The number of aromatic nitrogens is 2. The first-order valence-corrected chi connectivity index (χ1v) is 14.7. The number of benzene rings is 1. The summed E-state index contributed by atoms with van der Waals surface area (Å²) in [6, 6.07) is 7.18. The molecular formula is C22H30N8O5S3. The summed E-state index contributed by atoms with van der Waals surface area (Å²) in [5.41, 5.74) is 12.1. The first-order chi connectivity index (χ1) is 17.9. The molecule has 4 rings (SSSR count). The van der Waals surface area contributed by atoms with E-state index in [9.17, 15) is 18.0 Å². The average molecular weight is 583 g/mol. The lowest BCUT2D eigenvalue weighted by atomic mass is 10.2. The Morgan fingerprint density at radius 3 is 1.87 bits per heavy atom. The Morgan fingerprint density at radius 2 is 1.47 bits per heavy atom. The molecule has 1 aromatic heterocycles. The van der Waals surface area contributed by atoms with Gasteiger partial charge in [-0.15, -0.1) is 0 Å². The van der Waals surface area contributed by atoms with Crippen LogP contribution in [0.2, 0.25) is 0 Å². The van der Waals surface area contributed by atoms with E-state index >= 15 is 0 Å². The van der Waals surface area contributed by atoms with Gasteiger partial charge in [0.25, 0.3) is 10.0 Å². The number of carboxylic acids is 1. The lowest BCUT2D eigenvalue weighted by molar-refractivity contribution is -0.138. The number of aliphatic carboxylic acids is 1. The predicted molar refractivity (Wildman–Crippen MR) is 152 cm³/mol. The van der Waals surface area contributed by atoms with Crippen molar-refractivity contribution in [3.05, 3.63) is 41.7 Å². The summed E-state index contributed by atoms with van der Waals surface area (Å²) in [4.78, 5) is 37.8. The zero-order chi connectivity index (χ0) is 28.1. The lowest BCUT2D eigenvalue weighted by Crippen LogP contribution is -2.16. The van der Waals surface area contributed by atoms with E-state index < -0.39 is 21.9 Å². The molecule has 1 aromatic carbocycles. The van der Waals surface area contributed by atoms with Gasteiger partial charge in [-0.25, -0.2) is 23.1 Å². The third-order valence-electron chi connectivity index (χ3n) is 4.44. The van der Waals surface area contributed by atoms with Gasteiger partial charge in [0.2, 0.25) is 11.9 Å². The van der Waals surface area contributed by atoms with Crippen molar-refractivity contribution in [2.75, 3.05) is 34.6 Å². The van der Waals surface area contributed by atoms with Crippen LogP contribution >= 0.6 is 23.5 Å². The smallest absolute Gasteiger partial charge is 0.303 e. The number of amidine groups is 2. The summed E-state index contributed by atoms with van der Waals surface area (Å²) in [5.74, 6) is 0.595. The number of nitrogens with one attached hydrogen (secondary N) is 2. The fourth-order valence-corrected chi connectivity index (χ4v) is 4.91. The third kappa shape index (κ3) is 11.8. The maximum absolute atomic E-state index is 12.4. The van der Waals surface area contributed by atoms with Gasteiger partial charge in [0.1, 0.15) is 0 Å². The van der Waals surface area contributed by atoms with E-state index in [1.807, 2.05) is 0 Å². The number of aliphatic imine (C=N–C) groups is 2. The zero-order valence-corrected chi connectivity index (χ0v) is 23.3. The molecule has 2 aliphatic rings. The molecule has 3 heterocycles. The number of nitrogens with zero attached hydrogens (tertiary/aromatic N) is 4. The maximum atomic E-state index is 12.4. The van der Waals surface area contributed by atoms with Gasteiger partial charge in [0, 0.05) is 35.0 Å². The van der Waals surface area contributed by atoms with Crippen LogP contribution < -0.4 is 21.5 Å². The van der Waals surface area contributed by atoms with Crippen molar-refractivity contribution in [2.45, 2.75) is 31.6 Å². The second-order valence-corrected chi connectivity index (χ2v) is 11.6. The molecule has 0 bridgehead atoms. The van der Waals surface area contributed by atoms with Crippen molar-refractivity contribution < 1.29 is 23.1 Å². The molecule has 0 spiro atoms. The molecule has 0 fully saturated rings. The van der Waals surface area contributed by atoms with Gasteiger partial charge in [0.15, 0.2) is 10.3 Å². The molecule has 16 heteroatoms. The van der Waals surface area contributed by atoms with Crippen LogP contribution in [0.25, 0.3) is 0 Å². The molecule has 0 aliphatic carbocycles. The van der Waals surface area contributed by atoms with Gasteiger partial charge < -0.3 is 21.9 Å². The Hall–Kier alpha value is -3.37. The highest BCUT2D eigenvalue weighted by Crippen LogP contribution is 2.17. The minimum atomic E-state index is -3.88. The van der Waals surface area contributed by atoms with Crippen molar-refractivity contribution in [3.8, 4) is 0 Å². The number of carbonyl (C=O) groups excluding carboxylic acids is 1. The lowest BCUT2D eigenvalue weighted by Gasteiger charge is -2.09. The van der Waals surface area contributed by atoms with Crippen LogP contribution in [0.3, 0.4) is 0 Å². The summed E-state index contributed by atoms with van der Waals surface area (Å²) < 4.78 is 27.1. The summed E-state index contributed by atoms with van der Waals surface area (Å²) in [6.07, 6.45) is -0.445. The van der Waals surface area contributed by atoms with Gasteiger partial charge in [-0.2, -0.15) is 0 Å². The van der Waals surface area contributed by atoms with Crippen LogP contribution in [0.4, 0.5) is 11.6 Å².